The van der Waals surface area contributed by atoms with Crippen molar-refractivity contribution < 1.29 is 0 Å². The summed E-state index contributed by atoms with van der Waals surface area (Å²) in [6.07, 6.45) is 0. The van der Waals surface area contributed by atoms with Crippen molar-refractivity contribution in [2.75, 3.05) is 0 Å². The lowest BCUT2D eigenvalue weighted by Gasteiger charge is -2.02. The van der Waals surface area contributed by atoms with Crippen LogP contribution in [0.15, 0.2) is 27.5 Å². The largest absolute Gasteiger partial charge is 0.325 e. The number of benzene rings is 1. The predicted molar refractivity (Wildman–Crippen MR) is 58.0 cm³/mol. The van der Waals surface area contributed by atoms with Crippen LogP contribution >= 0.6 is 15.9 Å². The molecule has 0 bridgehead atoms. The molecule has 0 aliphatic rings. The van der Waals surface area contributed by atoms with Gasteiger partial charge in [-0.25, -0.2) is 5.10 Å². The third-order valence-corrected chi connectivity index (χ3v) is 2.52. The third-order valence-electron chi connectivity index (χ3n) is 2.02. The smallest absolute Gasteiger partial charge is 0.272 e. The van der Waals surface area contributed by atoms with Crippen molar-refractivity contribution >= 4 is 26.7 Å². The fourth-order valence-corrected chi connectivity index (χ4v) is 1.71. The van der Waals surface area contributed by atoms with Gasteiger partial charge in [-0.2, -0.15) is 5.10 Å². The minimum atomic E-state index is -0.190. The number of fused-ring (bicyclic) bond motifs is 1. The van der Waals surface area contributed by atoms with Crippen molar-refractivity contribution in [2.24, 2.45) is 5.73 Å². The first kappa shape index (κ1) is 9.36. The van der Waals surface area contributed by atoms with Crippen LogP contribution in [0.1, 0.15) is 5.69 Å². The van der Waals surface area contributed by atoms with E-state index in [1.165, 1.54) is 0 Å². The van der Waals surface area contributed by atoms with Gasteiger partial charge >= 0.3 is 0 Å². The van der Waals surface area contributed by atoms with Crippen LogP contribution < -0.4 is 11.3 Å². The van der Waals surface area contributed by atoms with Gasteiger partial charge in [-0.1, -0.05) is 15.9 Å². The molecule has 72 valence electrons. The van der Waals surface area contributed by atoms with Crippen LogP contribution in [0.25, 0.3) is 10.8 Å². The van der Waals surface area contributed by atoms with Crippen LogP contribution in [-0.4, -0.2) is 10.2 Å². The number of hydrogen-bond donors (Lipinski definition) is 2. The molecule has 0 saturated carbocycles. The van der Waals surface area contributed by atoms with Crippen molar-refractivity contribution in [1.82, 2.24) is 10.2 Å². The molecule has 5 heteroatoms. The van der Waals surface area contributed by atoms with Crippen LogP contribution in [0.4, 0.5) is 0 Å². The van der Waals surface area contributed by atoms with Crippen molar-refractivity contribution in [3.8, 4) is 0 Å². The summed E-state index contributed by atoms with van der Waals surface area (Å²) in [7, 11) is 0. The lowest BCUT2D eigenvalue weighted by atomic mass is 10.1. The molecule has 1 aromatic carbocycles. The molecule has 0 spiro atoms. The van der Waals surface area contributed by atoms with Crippen molar-refractivity contribution in [3.63, 3.8) is 0 Å². The number of hydrogen-bond acceptors (Lipinski definition) is 3. The molecule has 0 unspecified atom stereocenters. The Bertz CT molecular complexity index is 535. The topological polar surface area (TPSA) is 71.8 Å². The van der Waals surface area contributed by atoms with Crippen molar-refractivity contribution in [1.29, 1.82) is 0 Å². The normalized spacial score (nSPS) is 10.7. The molecule has 0 amide bonds. The Morgan fingerprint density at radius 2 is 2.21 bits per heavy atom. The SMILES string of the molecule is NCc1n[nH]c(=O)c2ccc(Br)cc12. The van der Waals surface area contributed by atoms with E-state index in [0.717, 1.165) is 9.86 Å². The van der Waals surface area contributed by atoms with Gasteiger partial charge in [-0.15, -0.1) is 0 Å². The number of H-pyrrole nitrogens is 1. The molecule has 2 rings (SSSR count). The van der Waals surface area contributed by atoms with E-state index in [-0.39, 0.29) is 5.56 Å². The van der Waals surface area contributed by atoms with E-state index in [9.17, 15) is 4.79 Å². The summed E-state index contributed by atoms with van der Waals surface area (Å²) in [5.74, 6) is 0. The second-order valence-electron chi connectivity index (χ2n) is 2.89. The van der Waals surface area contributed by atoms with Gasteiger partial charge in [0.1, 0.15) is 0 Å². The molecule has 2 aromatic rings. The molecule has 3 N–H and O–H groups in total. The van der Waals surface area contributed by atoms with Gasteiger partial charge in [0.25, 0.3) is 5.56 Å². The van der Waals surface area contributed by atoms with E-state index < -0.39 is 0 Å². The van der Waals surface area contributed by atoms with Gasteiger partial charge in [0.2, 0.25) is 0 Å². The lowest BCUT2D eigenvalue weighted by Crippen LogP contribution is -2.13. The maximum atomic E-state index is 11.4. The first-order chi connectivity index (χ1) is 6.72. The van der Waals surface area contributed by atoms with Crippen molar-refractivity contribution in [2.45, 2.75) is 6.54 Å². The third kappa shape index (κ3) is 1.44. The number of halogens is 1. The fraction of sp³-hybridized carbons (Fsp3) is 0.111. The number of aromatic amines is 1. The summed E-state index contributed by atoms with van der Waals surface area (Å²) in [6, 6.07) is 5.41. The van der Waals surface area contributed by atoms with Crippen LogP contribution in [0, 0.1) is 0 Å². The molecule has 0 saturated heterocycles. The number of rotatable bonds is 1. The minimum absolute atomic E-state index is 0.190. The summed E-state index contributed by atoms with van der Waals surface area (Å²) >= 11 is 3.34. The number of aromatic nitrogens is 2. The Morgan fingerprint density at radius 1 is 1.43 bits per heavy atom. The van der Waals surface area contributed by atoms with Crippen LogP contribution in [0.5, 0.6) is 0 Å². The van der Waals surface area contributed by atoms with Crippen LogP contribution in [0.3, 0.4) is 0 Å². The van der Waals surface area contributed by atoms with Gasteiger partial charge in [0.15, 0.2) is 0 Å². The zero-order valence-corrected chi connectivity index (χ0v) is 8.84. The molecule has 14 heavy (non-hydrogen) atoms. The van der Waals surface area contributed by atoms with Gasteiger partial charge < -0.3 is 5.73 Å². The zero-order chi connectivity index (χ0) is 10.1. The summed E-state index contributed by atoms with van der Waals surface area (Å²) in [5, 5.41) is 7.71. The highest BCUT2D eigenvalue weighted by atomic mass is 79.9. The first-order valence-electron chi connectivity index (χ1n) is 4.09. The van der Waals surface area contributed by atoms with E-state index in [2.05, 4.69) is 26.1 Å². The second-order valence-corrected chi connectivity index (χ2v) is 3.81. The summed E-state index contributed by atoms with van der Waals surface area (Å²) in [5.41, 5.74) is 6.02. The highest BCUT2D eigenvalue weighted by Crippen LogP contribution is 2.18. The molecule has 0 fully saturated rings. The minimum Gasteiger partial charge on any atom is -0.325 e. The van der Waals surface area contributed by atoms with Gasteiger partial charge in [-0.3, -0.25) is 4.79 Å². The van der Waals surface area contributed by atoms with E-state index in [1.54, 1.807) is 6.07 Å². The Balaban J connectivity index is 2.92. The average molecular weight is 254 g/mol. The predicted octanol–water partition coefficient (Wildman–Crippen LogP) is 1.14. The Labute approximate surface area is 88.3 Å². The maximum Gasteiger partial charge on any atom is 0.272 e. The molecule has 0 aliphatic heterocycles. The molecular formula is C9H8BrN3O. The molecule has 0 radical (unpaired) electrons. The number of nitrogens with zero attached hydrogens (tertiary/aromatic N) is 1. The second kappa shape index (κ2) is 3.51. The van der Waals surface area contributed by atoms with Crippen molar-refractivity contribution in [3.05, 3.63) is 38.7 Å². The summed E-state index contributed by atoms with van der Waals surface area (Å²) < 4.78 is 0.909. The van der Waals surface area contributed by atoms with E-state index in [4.69, 9.17) is 5.73 Å². The molecular weight excluding hydrogens is 246 g/mol. The highest BCUT2D eigenvalue weighted by molar-refractivity contribution is 9.10. The molecule has 4 nitrogen and oxygen atoms in total. The Kier molecular flexibility index (Phi) is 2.35. The highest BCUT2D eigenvalue weighted by Gasteiger charge is 2.04. The van der Waals surface area contributed by atoms with Gasteiger partial charge in [0, 0.05) is 16.4 Å². The molecule has 1 heterocycles. The summed E-state index contributed by atoms with van der Waals surface area (Å²) in [4.78, 5) is 11.4. The molecule has 0 atom stereocenters. The van der Waals surface area contributed by atoms with Gasteiger partial charge in [0.05, 0.1) is 11.1 Å². The quantitative estimate of drug-likeness (QED) is 0.801. The van der Waals surface area contributed by atoms with Gasteiger partial charge in [-0.05, 0) is 18.2 Å². The Morgan fingerprint density at radius 3 is 2.93 bits per heavy atom. The molecule has 1 aromatic heterocycles. The van der Waals surface area contributed by atoms with E-state index >= 15 is 0 Å². The maximum absolute atomic E-state index is 11.4. The monoisotopic (exact) mass is 253 g/mol. The first-order valence-corrected chi connectivity index (χ1v) is 4.88. The average Bonchev–Trinajstić information content (AvgIpc) is 2.18. The standard InChI is InChI=1S/C9H8BrN3O/c10-5-1-2-6-7(3-5)8(4-11)12-13-9(6)14/h1-3H,4,11H2,(H,13,14). The van der Waals surface area contributed by atoms with E-state index in [1.807, 2.05) is 12.1 Å². The van der Waals surface area contributed by atoms with E-state index in [0.29, 0.717) is 17.6 Å². The lowest BCUT2D eigenvalue weighted by molar-refractivity contribution is 0.900. The number of nitrogens with one attached hydrogen (secondary N) is 1. The fourth-order valence-electron chi connectivity index (χ4n) is 1.35. The number of nitrogens with two attached hydrogens (primary N) is 1. The van der Waals surface area contributed by atoms with Crippen LogP contribution in [0.2, 0.25) is 0 Å². The Hall–Kier alpha value is -1.20. The summed E-state index contributed by atoms with van der Waals surface area (Å²) in [6.45, 7) is 0.309. The zero-order valence-electron chi connectivity index (χ0n) is 7.25. The molecule has 0 aliphatic carbocycles. The van der Waals surface area contributed by atoms with Crippen LogP contribution in [-0.2, 0) is 6.54 Å².